The number of likely N-dealkylation sites (N-methyl/N-ethyl adjacent to an activating group) is 1. The van der Waals surface area contributed by atoms with Crippen molar-refractivity contribution in [2.45, 2.75) is 6.54 Å². The second kappa shape index (κ2) is 7.54. The van der Waals surface area contributed by atoms with Crippen molar-refractivity contribution < 1.29 is 4.79 Å². The Balaban J connectivity index is 1.45. The van der Waals surface area contributed by atoms with Gasteiger partial charge in [-0.2, -0.15) is 0 Å². The Morgan fingerprint density at radius 1 is 1.30 bits per heavy atom. The van der Waals surface area contributed by atoms with E-state index in [2.05, 4.69) is 34.1 Å². The molecule has 0 radical (unpaired) electrons. The number of imidazole rings is 1. The van der Waals surface area contributed by atoms with Crippen molar-refractivity contribution in [1.29, 1.82) is 0 Å². The van der Waals surface area contributed by atoms with Gasteiger partial charge in [0, 0.05) is 42.8 Å². The highest BCUT2D eigenvalue weighted by Gasteiger charge is 2.17. The summed E-state index contributed by atoms with van der Waals surface area (Å²) in [6.07, 6.45) is 3.61. The average Bonchev–Trinajstić information content (AvgIpc) is 3.43. The molecule has 0 bridgehead atoms. The van der Waals surface area contributed by atoms with Crippen molar-refractivity contribution in [2.75, 3.05) is 20.1 Å². The van der Waals surface area contributed by atoms with Crippen LogP contribution in [-0.4, -0.2) is 50.7 Å². The van der Waals surface area contributed by atoms with Crippen LogP contribution in [0, 0.1) is 0 Å². The molecule has 6 nitrogen and oxygen atoms in total. The van der Waals surface area contributed by atoms with Crippen molar-refractivity contribution in [1.82, 2.24) is 18.9 Å². The van der Waals surface area contributed by atoms with Gasteiger partial charge in [0.05, 0.1) is 30.0 Å². The fraction of sp³-hybridized carbons (Fsp3) is 0.211. The summed E-state index contributed by atoms with van der Waals surface area (Å²) in [5.74, 6) is 0.810. The van der Waals surface area contributed by atoms with E-state index in [1.807, 2.05) is 34.3 Å². The summed E-state index contributed by atoms with van der Waals surface area (Å²) >= 11 is 7.51. The quantitative estimate of drug-likeness (QED) is 0.618. The number of carbonyl (C=O) groups excluding carboxylic acids is 1. The molecule has 1 aliphatic rings. The van der Waals surface area contributed by atoms with E-state index in [0.717, 1.165) is 40.3 Å². The molecule has 0 saturated carbocycles. The number of thiophene rings is 1. The molecule has 0 atom stereocenters. The van der Waals surface area contributed by atoms with Crippen LogP contribution in [-0.2, 0) is 6.54 Å². The molecule has 0 unspecified atom stereocenters. The number of amidine groups is 1. The minimum Gasteiger partial charge on any atom is -0.358 e. The third-order valence-corrected chi connectivity index (χ3v) is 5.50. The predicted molar refractivity (Wildman–Crippen MR) is 108 cm³/mol. The maximum absolute atomic E-state index is 12.2. The molecular formula is C19H18ClN5OS. The Labute approximate surface area is 166 Å². The van der Waals surface area contributed by atoms with E-state index in [-0.39, 0.29) is 12.5 Å². The largest absolute Gasteiger partial charge is 0.358 e. The Hall–Kier alpha value is -2.64. The van der Waals surface area contributed by atoms with Gasteiger partial charge in [0.25, 0.3) is 5.91 Å². The molecule has 1 aromatic carbocycles. The summed E-state index contributed by atoms with van der Waals surface area (Å²) in [6.45, 7) is 2.05. The van der Waals surface area contributed by atoms with Crippen LogP contribution in [0.4, 0.5) is 0 Å². The highest BCUT2D eigenvalue weighted by Crippen LogP contribution is 2.18. The summed E-state index contributed by atoms with van der Waals surface area (Å²) in [7, 11) is 2.05. The van der Waals surface area contributed by atoms with Crippen LogP contribution < -0.4 is 0 Å². The monoisotopic (exact) mass is 399 g/mol. The first-order chi connectivity index (χ1) is 13.1. The highest BCUT2D eigenvalue weighted by atomic mass is 35.5. The minimum absolute atomic E-state index is 0.216. The van der Waals surface area contributed by atoms with Crippen molar-refractivity contribution in [3.63, 3.8) is 0 Å². The summed E-state index contributed by atoms with van der Waals surface area (Å²) < 4.78 is 3.08. The van der Waals surface area contributed by atoms with Crippen molar-refractivity contribution in [2.24, 2.45) is 4.99 Å². The van der Waals surface area contributed by atoms with Crippen LogP contribution in [0.2, 0.25) is 0 Å². The van der Waals surface area contributed by atoms with Crippen LogP contribution in [0.1, 0.15) is 20.9 Å². The third-order valence-electron chi connectivity index (χ3n) is 4.37. The number of amides is 1. The molecular weight excluding hydrogens is 382 g/mol. The van der Waals surface area contributed by atoms with Gasteiger partial charge < -0.3 is 9.47 Å². The summed E-state index contributed by atoms with van der Waals surface area (Å²) in [5.41, 5.74) is 2.82. The molecule has 8 heteroatoms. The second-order valence-electron chi connectivity index (χ2n) is 6.25. The maximum Gasteiger partial charge on any atom is 0.278 e. The van der Waals surface area contributed by atoms with Crippen molar-refractivity contribution in [3.8, 4) is 5.69 Å². The molecule has 1 amide bonds. The molecule has 3 aromatic rings. The number of hydrogen-bond acceptors (Lipinski definition) is 5. The van der Waals surface area contributed by atoms with Crippen LogP contribution in [0.3, 0.4) is 0 Å². The number of carbonyl (C=O) groups is 1. The zero-order chi connectivity index (χ0) is 18.8. The smallest absolute Gasteiger partial charge is 0.278 e. The molecule has 4 rings (SSSR count). The minimum atomic E-state index is -0.216. The van der Waals surface area contributed by atoms with Crippen LogP contribution >= 0.6 is 23.1 Å². The van der Waals surface area contributed by atoms with Crippen LogP contribution in [0.15, 0.2) is 59.3 Å². The van der Waals surface area contributed by atoms with E-state index >= 15 is 0 Å². The molecule has 0 aliphatic carbocycles. The number of hydrogen-bond donors (Lipinski definition) is 0. The van der Waals surface area contributed by atoms with E-state index in [1.165, 1.54) is 11.3 Å². The summed E-state index contributed by atoms with van der Waals surface area (Å²) in [6, 6.07) is 11.8. The van der Waals surface area contributed by atoms with Gasteiger partial charge in [-0.15, -0.1) is 11.3 Å². The number of aromatic nitrogens is 2. The molecule has 1 aliphatic heterocycles. The Kier molecular flexibility index (Phi) is 4.96. The lowest BCUT2D eigenvalue weighted by Crippen LogP contribution is -2.23. The third kappa shape index (κ3) is 3.74. The van der Waals surface area contributed by atoms with Gasteiger partial charge in [-0.3, -0.25) is 9.79 Å². The van der Waals surface area contributed by atoms with Gasteiger partial charge in [-0.25, -0.2) is 9.40 Å². The fourth-order valence-corrected chi connectivity index (χ4v) is 3.88. The molecule has 2 aromatic heterocycles. The lowest BCUT2D eigenvalue weighted by molar-refractivity contribution is 0.0860. The van der Waals surface area contributed by atoms with Gasteiger partial charge in [0.15, 0.2) is 0 Å². The SMILES string of the molecule is CN1CCN=C1c1ccc(-n2cnc(CN(Cl)C(=O)c3cccs3)c2)cc1. The first-order valence-electron chi connectivity index (χ1n) is 8.52. The predicted octanol–water partition coefficient (Wildman–Crippen LogP) is 3.42. The van der Waals surface area contributed by atoms with Gasteiger partial charge in [0.1, 0.15) is 5.84 Å². The Morgan fingerprint density at radius 2 is 2.11 bits per heavy atom. The van der Waals surface area contributed by atoms with Crippen molar-refractivity contribution in [3.05, 3.63) is 70.4 Å². The number of aliphatic imine (C=N–C) groups is 1. The fourth-order valence-electron chi connectivity index (χ4n) is 2.95. The average molecular weight is 400 g/mol. The normalized spacial score (nSPS) is 13.7. The number of rotatable bonds is 5. The summed E-state index contributed by atoms with van der Waals surface area (Å²) in [4.78, 5) is 23.9. The van der Waals surface area contributed by atoms with E-state index in [0.29, 0.717) is 4.88 Å². The summed E-state index contributed by atoms with van der Waals surface area (Å²) in [5, 5.41) is 1.85. The van der Waals surface area contributed by atoms with E-state index in [1.54, 1.807) is 12.4 Å². The molecule has 0 spiro atoms. The number of nitrogens with zero attached hydrogens (tertiary/aromatic N) is 5. The van der Waals surface area contributed by atoms with Crippen molar-refractivity contribution >= 4 is 34.9 Å². The van der Waals surface area contributed by atoms with Gasteiger partial charge in [0.2, 0.25) is 0 Å². The maximum atomic E-state index is 12.2. The standard InChI is InChI=1S/C19H18ClN5OS/c1-23-9-8-21-18(23)14-4-6-16(7-5-14)24-11-15(22-13-24)12-25(20)19(26)17-3-2-10-27-17/h2-7,10-11,13H,8-9,12H2,1H3. The highest BCUT2D eigenvalue weighted by molar-refractivity contribution is 7.12. The zero-order valence-corrected chi connectivity index (χ0v) is 16.3. The molecule has 0 saturated heterocycles. The second-order valence-corrected chi connectivity index (χ2v) is 7.60. The molecule has 0 fully saturated rings. The van der Waals surface area contributed by atoms with Gasteiger partial charge >= 0.3 is 0 Å². The topological polar surface area (TPSA) is 53.7 Å². The molecule has 3 heterocycles. The Morgan fingerprint density at radius 3 is 2.78 bits per heavy atom. The van der Waals surface area contributed by atoms with Gasteiger partial charge in [-0.05, 0) is 35.7 Å². The molecule has 0 N–H and O–H groups in total. The van der Waals surface area contributed by atoms with E-state index in [9.17, 15) is 4.79 Å². The number of benzene rings is 1. The first-order valence-corrected chi connectivity index (χ1v) is 9.74. The molecule has 27 heavy (non-hydrogen) atoms. The molecule has 138 valence electrons. The zero-order valence-electron chi connectivity index (χ0n) is 14.7. The Bertz CT molecular complexity index is 964. The lowest BCUT2D eigenvalue weighted by atomic mass is 10.2. The number of halogens is 1. The first kappa shape index (κ1) is 17.8. The van der Waals surface area contributed by atoms with Crippen LogP contribution in [0.25, 0.3) is 5.69 Å². The van der Waals surface area contributed by atoms with E-state index in [4.69, 9.17) is 11.8 Å². The van der Waals surface area contributed by atoms with Crippen LogP contribution in [0.5, 0.6) is 0 Å². The van der Waals surface area contributed by atoms with E-state index < -0.39 is 0 Å². The van der Waals surface area contributed by atoms with Gasteiger partial charge in [-0.1, -0.05) is 6.07 Å². The lowest BCUT2D eigenvalue weighted by Gasteiger charge is -2.14.